The van der Waals surface area contributed by atoms with Crippen molar-refractivity contribution in [2.75, 3.05) is 38.9 Å². The summed E-state index contributed by atoms with van der Waals surface area (Å²) < 4.78 is 143. The summed E-state index contributed by atoms with van der Waals surface area (Å²) in [5.41, 5.74) is -3.62. The van der Waals surface area contributed by atoms with Crippen molar-refractivity contribution >= 4 is 23.2 Å². The van der Waals surface area contributed by atoms with Crippen LogP contribution < -0.4 is 15.0 Å². The average Bonchev–Trinajstić information content (AvgIpc) is 3.53. The number of methoxy groups -OCH3 is 2. The van der Waals surface area contributed by atoms with Crippen molar-refractivity contribution in [2.24, 2.45) is 0 Å². The number of halogens is 9. The highest BCUT2D eigenvalue weighted by Crippen LogP contribution is 2.44. The molecule has 0 aliphatic carbocycles. The molecule has 18 heteroatoms. The van der Waals surface area contributed by atoms with Crippen LogP contribution in [0.4, 0.5) is 45.2 Å². The molecule has 49 heavy (non-hydrogen) atoms. The second kappa shape index (κ2) is 13.5. The van der Waals surface area contributed by atoms with Crippen LogP contribution in [0.15, 0.2) is 48.8 Å². The van der Waals surface area contributed by atoms with Crippen molar-refractivity contribution in [1.82, 2.24) is 14.7 Å². The number of morpholine rings is 1. The van der Waals surface area contributed by atoms with E-state index in [2.05, 4.69) is 10.3 Å². The topological polar surface area (TPSA) is 94.4 Å². The smallest absolute Gasteiger partial charge is 0.417 e. The zero-order valence-electron chi connectivity index (χ0n) is 25.4. The SMILES string of the molecule is COC(=O)[C@H](Cc1ccc(-c2c(OC)cc(F)cc2C(F)(F)F)c2nccn12)NC(=O)c1c(F)cc(N2CCOC[C@@H]2C(F)(F)F)cc1F. The lowest BCUT2D eigenvalue weighted by Crippen LogP contribution is -2.53. The highest BCUT2D eigenvalue weighted by atomic mass is 19.4. The zero-order valence-corrected chi connectivity index (χ0v) is 25.4. The second-order valence-corrected chi connectivity index (χ2v) is 10.8. The van der Waals surface area contributed by atoms with Gasteiger partial charge in [0.15, 0.2) is 0 Å². The molecule has 1 N–H and O–H groups in total. The van der Waals surface area contributed by atoms with Crippen molar-refractivity contribution < 1.29 is 63.3 Å². The lowest BCUT2D eigenvalue weighted by atomic mass is 9.97. The predicted molar refractivity (Wildman–Crippen MR) is 153 cm³/mol. The number of hydrogen-bond donors (Lipinski definition) is 1. The predicted octanol–water partition coefficient (Wildman–Crippen LogP) is 5.73. The van der Waals surface area contributed by atoms with Gasteiger partial charge in [0.1, 0.15) is 46.5 Å². The molecule has 0 unspecified atom stereocenters. The first-order chi connectivity index (χ1) is 23.0. The summed E-state index contributed by atoms with van der Waals surface area (Å²) >= 11 is 0. The number of alkyl halides is 6. The molecule has 9 nitrogen and oxygen atoms in total. The summed E-state index contributed by atoms with van der Waals surface area (Å²) in [5.74, 6) is -7.20. The van der Waals surface area contributed by atoms with Crippen LogP contribution in [-0.2, 0) is 26.9 Å². The number of amides is 1. The van der Waals surface area contributed by atoms with Gasteiger partial charge in [-0.05, 0) is 30.3 Å². The van der Waals surface area contributed by atoms with Crippen molar-refractivity contribution in [3.05, 3.63) is 83.1 Å². The van der Waals surface area contributed by atoms with Gasteiger partial charge in [0.25, 0.3) is 5.91 Å². The van der Waals surface area contributed by atoms with Gasteiger partial charge in [-0.15, -0.1) is 0 Å². The van der Waals surface area contributed by atoms with Gasteiger partial charge in [-0.2, -0.15) is 26.3 Å². The number of nitrogens with zero attached hydrogens (tertiary/aromatic N) is 3. The first-order valence-corrected chi connectivity index (χ1v) is 14.2. The molecule has 2 atom stereocenters. The van der Waals surface area contributed by atoms with Gasteiger partial charge in [-0.1, -0.05) is 0 Å². The number of carbonyl (C=O) groups excluding carboxylic acids is 2. The largest absolute Gasteiger partial charge is 0.496 e. The van der Waals surface area contributed by atoms with Crippen LogP contribution >= 0.6 is 0 Å². The van der Waals surface area contributed by atoms with Crippen LogP contribution in [-0.4, -0.2) is 73.5 Å². The molecular formula is C31H25F9N4O5. The number of esters is 1. The molecule has 1 saturated heterocycles. The maximum absolute atomic E-state index is 15.2. The molecule has 1 aliphatic rings. The number of fused-ring (bicyclic) bond motifs is 1. The molecule has 5 rings (SSSR count). The van der Waals surface area contributed by atoms with E-state index in [-0.39, 0.29) is 30.1 Å². The van der Waals surface area contributed by atoms with Crippen molar-refractivity contribution in [2.45, 2.75) is 30.9 Å². The van der Waals surface area contributed by atoms with Crippen molar-refractivity contribution in [3.63, 3.8) is 0 Å². The normalized spacial score (nSPS) is 16.1. The standard InChI is InChI=1S/C31H25F9N4O5/c1-47-23-10-15(32)9-19(30(35,36)37)25(23)18-4-3-16(44-6-5-41-27(18)44)13-22(29(46)48-2)42-28(45)26-20(33)11-17(12-21(26)34)43-7-8-49-14-24(43)31(38,39)40/h3-6,9-12,22,24H,7-8,13-14H2,1-2H3,(H,42,45)/t22-,24+/m0/s1. The van der Waals surface area contributed by atoms with E-state index in [9.17, 15) is 40.3 Å². The highest BCUT2D eigenvalue weighted by molar-refractivity contribution is 5.97. The van der Waals surface area contributed by atoms with E-state index in [1.807, 2.05) is 0 Å². The number of pyridine rings is 1. The molecule has 3 heterocycles. The minimum atomic E-state index is -5.00. The van der Waals surface area contributed by atoms with Crippen LogP contribution in [0.25, 0.3) is 16.8 Å². The molecule has 0 radical (unpaired) electrons. The van der Waals surface area contributed by atoms with Crippen LogP contribution in [0, 0.1) is 17.5 Å². The molecule has 2 aromatic carbocycles. The third-order valence-corrected chi connectivity index (χ3v) is 7.79. The Balaban J connectivity index is 1.47. The summed E-state index contributed by atoms with van der Waals surface area (Å²) in [5, 5.41) is 2.15. The molecule has 1 amide bonds. The Bertz CT molecular complexity index is 1870. The molecule has 0 saturated carbocycles. The Morgan fingerprint density at radius 2 is 1.73 bits per heavy atom. The highest BCUT2D eigenvalue weighted by Gasteiger charge is 2.46. The van der Waals surface area contributed by atoms with E-state index in [0.29, 0.717) is 23.1 Å². The summed E-state index contributed by atoms with van der Waals surface area (Å²) in [7, 11) is 2.02. The van der Waals surface area contributed by atoms with Gasteiger partial charge in [0, 0.05) is 53.9 Å². The molecule has 4 aromatic rings. The summed E-state index contributed by atoms with van der Waals surface area (Å²) in [4.78, 5) is 30.7. The number of imidazole rings is 1. The van der Waals surface area contributed by atoms with Gasteiger partial charge in [0.05, 0.1) is 33.0 Å². The molecule has 0 bridgehead atoms. The van der Waals surface area contributed by atoms with Gasteiger partial charge < -0.3 is 28.8 Å². The Labute approximate surface area is 271 Å². The molecular weight excluding hydrogens is 679 g/mol. The van der Waals surface area contributed by atoms with E-state index in [1.54, 1.807) is 0 Å². The van der Waals surface area contributed by atoms with Crippen LogP contribution in [0.5, 0.6) is 5.75 Å². The fraction of sp³-hybridized carbons (Fsp3) is 0.323. The zero-order chi connectivity index (χ0) is 35.8. The Morgan fingerprint density at radius 3 is 2.35 bits per heavy atom. The van der Waals surface area contributed by atoms with Gasteiger partial charge >= 0.3 is 18.3 Å². The maximum atomic E-state index is 15.2. The summed E-state index contributed by atoms with van der Waals surface area (Å²) in [6.07, 6.45) is -7.69. The second-order valence-electron chi connectivity index (χ2n) is 10.8. The first kappa shape index (κ1) is 35.3. The van der Waals surface area contributed by atoms with Crippen molar-refractivity contribution in [3.8, 4) is 16.9 Å². The van der Waals surface area contributed by atoms with Crippen LogP contribution in [0.1, 0.15) is 21.6 Å². The Morgan fingerprint density at radius 1 is 1.04 bits per heavy atom. The fourth-order valence-electron chi connectivity index (χ4n) is 5.58. The number of anilines is 1. The number of nitrogens with one attached hydrogen (secondary N) is 1. The molecule has 262 valence electrons. The van der Waals surface area contributed by atoms with E-state index in [0.717, 1.165) is 20.3 Å². The van der Waals surface area contributed by atoms with Crippen molar-refractivity contribution in [1.29, 1.82) is 0 Å². The fourth-order valence-corrected chi connectivity index (χ4v) is 5.58. The Kier molecular flexibility index (Phi) is 9.72. The number of ether oxygens (including phenoxy) is 3. The number of carbonyl (C=O) groups is 2. The van der Waals surface area contributed by atoms with Gasteiger partial charge in [-0.3, -0.25) is 4.79 Å². The Hall–Kier alpha value is -5.00. The molecule has 1 fully saturated rings. The number of hydrogen-bond acceptors (Lipinski definition) is 7. The number of aromatic nitrogens is 2. The van der Waals surface area contributed by atoms with E-state index in [4.69, 9.17) is 14.2 Å². The third kappa shape index (κ3) is 7.09. The lowest BCUT2D eigenvalue weighted by Gasteiger charge is -2.38. The van der Waals surface area contributed by atoms with E-state index < -0.39 is 94.9 Å². The number of rotatable bonds is 8. The summed E-state index contributed by atoms with van der Waals surface area (Å²) in [6.45, 7) is -1.27. The van der Waals surface area contributed by atoms with Crippen LogP contribution in [0.2, 0.25) is 0 Å². The number of benzene rings is 2. The third-order valence-electron chi connectivity index (χ3n) is 7.79. The lowest BCUT2D eigenvalue weighted by molar-refractivity contribution is -0.167. The minimum absolute atomic E-state index is 0.0872. The van der Waals surface area contributed by atoms with Gasteiger partial charge in [0.2, 0.25) is 0 Å². The monoisotopic (exact) mass is 704 g/mol. The maximum Gasteiger partial charge on any atom is 0.417 e. The summed E-state index contributed by atoms with van der Waals surface area (Å²) in [6, 6.07) is 0.840. The van der Waals surface area contributed by atoms with E-state index in [1.165, 1.54) is 28.9 Å². The molecule has 0 spiro atoms. The van der Waals surface area contributed by atoms with Gasteiger partial charge in [-0.25, -0.2) is 22.9 Å². The molecule has 2 aromatic heterocycles. The first-order valence-electron chi connectivity index (χ1n) is 14.2. The van der Waals surface area contributed by atoms with Crippen LogP contribution in [0.3, 0.4) is 0 Å². The minimum Gasteiger partial charge on any atom is -0.496 e. The average molecular weight is 705 g/mol. The van der Waals surface area contributed by atoms with E-state index >= 15 is 8.78 Å². The molecule has 1 aliphatic heterocycles. The quantitative estimate of drug-likeness (QED) is 0.185.